The third-order valence-corrected chi connectivity index (χ3v) is 2.91. The van der Waals surface area contributed by atoms with Crippen LogP contribution in [0.4, 0.5) is 5.69 Å². The highest BCUT2D eigenvalue weighted by Gasteiger charge is 2.06. The first-order chi connectivity index (χ1) is 7.26. The smallest absolute Gasteiger partial charge is 0.124 e. The predicted octanol–water partition coefficient (Wildman–Crippen LogP) is 2.97. The van der Waals surface area contributed by atoms with Crippen molar-refractivity contribution in [3.8, 4) is 5.75 Å². The Bertz CT molecular complexity index is 310. The van der Waals surface area contributed by atoms with Gasteiger partial charge in [-0.2, -0.15) is 12.6 Å². The average Bonchev–Trinajstić information content (AvgIpc) is 2.30. The van der Waals surface area contributed by atoms with E-state index in [1.54, 1.807) is 7.11 Å². The molecule has 2 nitrogen and oxygen atoms in total. The number of thiol groups is 1. The first-order valence-electron chi connectivity index (χ1n) is 5.29. The maximum Gasteiger partial charge on any atom is 0.124 e. The highest BCUT2D eigenvalue weighted by atomic mass is 32.1. The van der Waals surface area contributed by atoms with Crippen LogP contribution >= 0.6 is 12.6 Å². The summed E-state index contributed by atoms with van der Waals surface area (Å²) in [6.07, 6.45) is 0. The number of hydrogen-bond acceptors (Lipinski definition) is 3. The van der Waals surface area contributed by atoms with E-state index in [9.17, 15) is 0 Å². The Balaban J connectivity index is 3.01. The molecular formula is C12H19NOS. The molecule has 0 saturated heterocycles. The molecule has 0 amide bonds. The van der Waals surface area contributed by atoms with E-state index in [0.29, 0.717) is 5.75 Å². The summed E-state index contributed by atoms with van der Waals surface area (Å²) in [4.78, 5) is 2.30. The molecule has 1 aromatic rings. The second-order valence-corrected chi connectivity index (χ2v) is 3.64. The minimum absolute atomic E-state index is 0.710. The zero-order valence-electron chi connectivity index (χ0n) is 9.66. The van der Waals surface area contributed by atoms with E-state index in [0.717, 1.165) is 24.4 Å². The number of benzene rings is 1. The van der Waals surface area contributed by atoms with Crippen LogP contribution < -0.4 is 9.64 Å². The molecule has 1 rings (SSSR count). The van der Waals surface area contributed by atoms with Crippen LogP contribution in [0, 0.1) is 0 Å². The van der Waals surface area contributed by atoms with Crippen molar-refractivity contribution in [2.45, 2.75) is 19.6 Å². The zero-order chi connectivity index (χ0) is 11.3. The lowest BCUT2D eigenvalue weighted by Gasteiger charge is -2.22. The fourth-order valence-electron chi connectivity index (χ4n) is 1.65. The Kier molecular flexibility index (Phi) is 4.82. The van der Waals surface area contributed by atoms with Gasteiger partial charge in [-0.15, -0.1) is 0 Å². The van der Waals surface area contributed by atoms with Crippen molar-refractivity contribution in [2.24, 2.45) is 0 Å². The van der Waals surface area contributed by atoms with Gasteiger partial charge < -0.3 is 9.64 Å². The largest absolute Gasteiger partial charge is 0.496 e. The van der Waals surface area contributed by atoms with Crippen molar-refractivity contribution >= 4 is 18.3 Å². The summed E-state index contributed by atoms with van der Waals surface area (Å²) in [6, 6.07) is 6.29. The SMILES string of the molecule is CCN(CC)c1ccc(CS)c(OC)c1. The molecule has 0 atom stereocenters. The Morgan fingerprint density at radius 3 is 2.40 bits per heavy atom. The maximum atomic E-state index is 5.34. The molecule has 15 heavy (non-hydrogen) atoms. The van der Waals surface area contributed by atoms with Crippen LogP contribution in [0.1, 0.15) is 19.4 Å². The monoisotopic (exact) mass is 225 g/mol. The summed E-state index contributed by atoms with van der Waals surface area (Å²) in [5.41, 5.74) is 2.35. The van der Waals surface area contributed by atoms with Crippen LogP contribution in [-0.4, -0.2) is 20.2 Å². The number of hydrogen-bond donors (Lipinski definition) is 1. The summed E-state index contributed by atoms with van der Waals surface area (Å²) in [5.74, 6) is 1.64. The van der Waals surface area contributed by atoms with E-state index >= 15 is 0 Å². The molecule has 0 unspecified atom stereocenters. The van der Waals surface area contributed by atoms with Gasteiger partial charge in [0, 0.05) is 36.2 Å². The van der Waals surface area contributed by atoms with E-state index in [1.165, 1.54) is 5.69 Å². The summed E-state index contributed by atoms with van der Waals surface area (Å²) >= 11 is 4.27. The predicted molar refractivity (Wildman–Crippen MR) is 69.2 cm³/mol. The fraction of sp³-hybridized carbons (Fsp3) is 0.500. The quantitative estimate of drug-likeness (QED) is 0.773. The van der Waals surface area contributed by atoms with Crippen molar-refractivity contribution in [2.75, 3.05) is 25.1 Å². The molecule has 0 aliphatic carbocycles. The van der Waals surface area contributed by atoms with Gasteiger partial charge in [-0.3, -0.25) is 0 Å². The standard InChI is InChI=1S/C12H19NOS/c1-4-13(5-2)11-7-6-10(9-15)12(8-11)14-3/h6-8,15H,4-5,9H2,1-3H3. The first kappa shape index (κ1) is 12.2. The molecule has 0 aromatic heterocycles. The number of nitrogens with zero attached hydrogens (tertiary/aromatic N) is 1. The number of anilines is 1. The third-order valence-electron chi connectivity index (χ3n) is 2.57. The summed E-state index contributed by atoms with van der Waals surface area (Å²) in [6.45, 7) is 6.34. The van der Waals surface area contributed by atoms with Crippen LogP contribution in [0.25, 0.3) is 0 Å². The first-order valence-corrected chi connectivity index (χ1v) is 5.92. The second kappa shape index (κ2) is 5.91. The average molecular weight is 225 g/mol. The summed E-state index contributed by atoms with van der Waals surface area (Å²) in [5, 5.41) is 0. The highest BCUT2D eigenvalue weighted by Crippen LogP contribution is 2.26. The Labute approximate surface area is 97.6 Å². The van der Waals surface area contributed by atoms with Crippen molar-refractivity contribution in [3.63, 3.8) is 0 Å². The van der Waals surface area contributed by atoms with Gasteiger partial charge in [0.05, 0.1) is 7.11 Å². The lowest BCUT2D eigenvalue weighted by molar-refractivity contribution is 0.411. The lowest BCUT2D eigenvalue weighted by atomic mass is 10.2. The van der Waals surface area contributed by atoms with Crippen molar-refractivity contribution in [1.82, 2.24) is 0 Å². The lowest BCUT2D eigenvalue weighted by Crippen LogP contribution is -2.21. The van der Waals surface area contributed by atoms with E-state index in [4.69, 9.17) is 4.74 Å². The molecule has 0 heterocycles. The van der Waals surface area contributed by atoms with Crippen LogP contribution in [0.2, 0.25) is 0 Å². The Hall–Kier alpha value is -0.830. The molecule has 0 aliphatic rings. The number of methoxy groups -OCH3 is 1. The van der Waals surface area contributed by atoms with E-state index in [-0.39, 0.29) is 0 Å². The molecule has 3 heteroatoms. The minimum Gasteiger partial charge on any atom is -0.496 e. The van der Waals surface area contributed by atoms with E-state index in [1.807, 2.05) is 0 Å². The van der Waals surface area contributed by atoms with Gasteiger partial charge in [0.15, 0.2) is 0 Å². The van der Waals surface area contributed by atoms with E-state index < -0.39 is 0 Å². The molecule has 0 saturated carbocycles. The van der Waals surface area contributed by atoms with Gasteiger partial charge >= 0.3 is 0 Å². The van der Waals surface area contributed by atoms with Gasteiger partial charge in [-0.25, -0.2) is 0 Å². The van der Waals surface area contributed by atoms with Crippen molar-refractivity contribution < 1.29 is 4.74 Å². The highest BCUT2D eigenvalue weighted by molar-refractivity contribution is 7.79. The van der Waals surface area contributed by atoms with Crippen LogP contribution in [0.3, 0.4) is 0 Å². The molecule has 0 radical (unpaired) electrons. The molecule has 0 fully saturated rings. The minimum atomic E-state index is 0.710. The van der Waals surface area contributed by atoms with Crippen LogP contribution in [0.5, 0.6) is 5.75 Å². The van der Waals surface area contributed by atoms with Gasteiger partial charge in [0.1, 0.15) is 5.75 Å². The molecule has 0 bridgehead atoms. The molecular weight excluding hydrogens is 206 g/mol. The molecule has 0 aliphatic heterocycles. The molecule has 1 aromatic carbocycles. The molecule has 84 valence electrons. The third kappa shape index (κ3) is 2.81. The van der Waals surface area contributed by atoms with Gasteiger partial charge in [0.2, 0.25) is 0 Å². The maximum absolute atomic E-state index is 5.34. The number of ether oxygens (including phenoxy) is 1. The number of rotatable bonds is 5. The van der Waals surface area contributed by atoms with Gasteiger partial charge in [-0.05, 0) is 19.9 Å². The van der Waals surface area contributed by atoms with Crippen LogP contribution in [0.15, 0.2) is 18.2 Å². The topological polar surface area (TPSA) is 12.5 Å². The van der Waals surface area contributed by atoms with Crippen LogP contribution in [-0.2, 0) is 5.75 Å². The van der Waals surface area contributed by atoms with Gasteiger partial charge in [-0.1, -0.05) is 6.07 Å². The molecule has 0 spiro atoms. The van der Waals surface area contributed by atoms with E-state index in [2.05, 4.69) is 49.6 Å². The summed E-state index contributed by atoms with van der Waals surface area (Å²) in [7, 11) is 1.70. The molecule has 0 N–H and O–H groups in total. The van der Waals surface area contributed by atoms with Crippen molar-refractivity contribution in [1.29, 1.82) is 0 Å². The van der Waals surface area contributed by atoms with Crippen molar-refractivity contribution in [3.05, 3.63) is 23.8 Å². The summed E-state index contributed by atoms with van der Waals surface area (Å²) < 4.78 is 5.34. The second-order valence-electron chi connectivity index (χ2n) is 3.33. The zero-order valence-corrected chi connectivity index (χ0v) is 10.6. The normalized spacial score (nSPS) is 10.1. The Morgan fingerprint density at radius 1 is 1.27 bits per heavy atom. The Morgan fingerprint density at radius 2 is 1.93 bits per heavy atom. The fourth-order valence-corrected chi connectivity index (χ4v) is 1.91. The van der Waals surface area contributed by atoms with Gasteiger partial charge in [0.25, 0.3) is 0 Å².